The van der Waals surface area contributed by atoms with E-state index in [0.717, 1.165) is 10.5 Å². The minimum Gasteiger partial charge on any atom is -0.383 e. The second-order valence-electron chi connectivity index (χ2n) is 6.79. The summed E-state index contributed by atoms with van der Waals surface area (Å²) in [6.07, 6.45) is 0.142. The molecule has 1 heterocycles. The predicted octanol–water partition coefficient (Wildman–Crippen LogP) is 0.773. The van der Waals surface area contributed by atoms with Gasteiger partial charge in [0.15, 0.2) is 0 Å². The van der Waals surface area contributed by atoms with Crippen molar-refractivity contribution in [1.29, 1.82) is 0 Å². The van der Waals surface area contributed by atoms with Crippen LogP contribution >= 0.6 is 0 Å². The van der Waals surface area contributed by atoms with Gasteiger partial charge in [0.1, 0.15) is 6.04 Å². The lowest BCUT2D eigenvalue weighted by molar-refractivity contribution is -0.128. The molecule has 1 aliphatic rings. The van der Waals surface area contributed by atoms with Crippen molar-refractivity contribution in [2.45, 2.75) is 12.5 Å². The number of hydrogen-bond acceptors (Lipinski definition) is 5. The van der Waals surface area contributed by atoms with Gasteiger partial charge in [-0.05, 0) is 17.7 Å². The van der Waals surface area contributed by atoms with E-state index in [1.54, 1.807) is 24.3 Å². The Morgan fingerprint density at radius 3 is 2.13 bits per heavy atom. The summed E-state index contributed by atoms with van der Waals surface area (Å²) in [5.41, 5.74) is 1.33. The van der Waals surface area contributed by atoms with Gasteiger partial charge in [-0.25, -0.2) is 0 Å². The van der Waals surface area contributed by atoms with Gasteiger partial charge in [-0.3, -0.25) is 24.1 Å². The van der Waals surface area contributed by atoms with Gasteiger partial charge in [-0.2, -0.15) is 0 Å². The third-order valence-electron chi connectivity index (χ3n) is 4.76. The minimum atomic E-state index is -1.08. The molecule has 0 saturated carbocycles. The van der Waals surface area contributed by atoms with Gasteiger partial charge in [0.25, 0.3) is 11.8 Å². The average molecular weight is 409 g/mol. The Labute approximate surface area is 174 Å². The van der Waals surface area contributed by atoms with Crippen LogP contribution in [0.3, 0.4) is 0 Å². The Balaban J connectivity index is 1.78. The largest absolute Gasteiger partial charge is 0.383 e. The third kappa shape index (κ3) is 4.72. The molecule has 0 aromatic heterocycles. The van der Waals surface area contributed by atoms with E-state index in [4.69, 9.17) is 4.74 Å². The van der Waals surface area contributed by atoms with Crippen molar-refractivity contribution in [2.75, 3.05) is 26.8 Å². The smallest absolute Gasteiger partial charge is 0.262 e. The van der Waals surface area contributed by atoms with Crippen molar-refractivity contribution in [3.63, 3.8) is 0 Å². The number of imide groups is 1. The fourth-order valence-corrected chi connectivity index (χ4v) is 3.27. The Bertz CT molecular complexity index is 910. The SMILES string of the molecule is COCCNC(=O)CNC(=O)[C@H](Cc1ccccc1)N1C(=O)c2ccccc2C1=O. The van der Waals surface area contributed by atoms with Gasteiger partial charge in [0.2, 0.25) is 11.8 Å². The highest BCUT2D eigenvalue weighted by Gasteiger charge is 2.42. The number of benzene rings is 2. The number of carbonyl (C=O) groups excluding carboxylic acids is 4. The van der Waals surface area contributed by atoms with Crippen molar-refractivity contribution in [3.05, 3.63) is 71.3 Å². The molecule has 8 nitrogen and oxygen atoms in total. The van der Waals surface area contributed by atoms with Crippen molar-refractivity contribution in [2.24, 2.45) is 0 Å². The van der Waals surface area contributed by atoms with Gasteiger partial charge >= 0.3 is 0 Å². The van der Waals surface area contributed by atoms with E-state index in [9.17, 15) is 19.2 Å². The number of fused-ring (bicyclic) bond motifs is 1. The summed E-state index contributed by atoms with van der Waals surface area (Å²) < 4.78 is 4.86. The molecule has 0 radical (unpaired) electrons. The molecule has 0 aliphatic carbocycles. The zero-order valence-corrected chi connectivity index (χ0v) is 16.6. The summed E-state index contributed by atoms with van der Waals surface area (Å²) in [6.45, 7) is 0.402. The van der Waals surface area contributed by atoms with Crippen LogP contribution in [-0.2, 0) is 20.7 Å². The zero-order valence-electron chi connectivity index (χ0n) is 16.6. The number of nitrogens with one attached hydrogen (secondary N) is 2. The molecule has 0 spiro atoms. The summed E-state index contributed by atoms with van der Waals surface area (Å²) in [6, 6.07) is 14.5. The summed E-state index contributed by atoms with van der Waals surface area (Å²) >= 11 is 0. The van der Waals surface area contributed by atoms with Gasteiger partial charge in [0.05, 0.1) is 24.3 Å². The molecule has 2 N–H and O–H groups in total. The summed E-state index contributed by atoms with van der Waals surface area (Å²) in [5.74, 6) is -2.00. The van der Waals surface area contributed by atoms with Crippen LogP contribution in [0.2, 0.25) is 0 Å². The Hall–Kier alpha value is -3.52. The molecular formula is C22H23N3O5. The number of ether oxygens (including phenoxy) is 1. The molecule has 4 amide bonds. The quantitative estimate of drug-likeness (QED) is 0.470. The molecule has 1 atom stereocenters. The van der Waals surface area contributed by atoms with E-state index < -0.39 is 23.8 Å². The first kappa shape index (κ1) is 21.2. The van der Waals surface area contributed by atoms with Crippen LogP contribution in [0.1, 0.15) is 26.3 Å². The van der Waals surface area contributed by atoms with E-state index in [0.29, 0.717) is 13.2 Å². The van der Waals surface area contributed by atoms with Crippen LogP contribution < -0.4 is 10.6 Å². The van der Waals surface area contributed by atoms with E-state index in [1.165, 1.54) is 7.11 Å². The van der Waals surface area contributed by atoms with Gasteiger partial charge in [-0.15, -0.1) is 0 Å². The fraction of sp³-hybridized carbons (Fsp3) is 0.273. The van der Waals surface area contributed by atoms with Crippen molar-refractivity contribution in [3.8, 4) is 0 Å². The maximum atomic E-state index is 12.9. The number of methoxy groups -OCH3 is 1. The maximum Gasteiger partial charge on any atom is 0.262 e. The predicted molar refractivity (Wildman–Crippen MR) is 109 cm³/mol. The van der Waals surface area contributed by atoms with Gasteiger partial charge < -0.3 is 15.4 Å². The molecule has 30 heavy (non-hydrogen) atoms. The lowest BCUT2D eigenvalue weighted by Gasteiger charge is -2.25. The lowest BCUT2D eigenvalue weighted by Crippen LogP contribution is -2.52. The average Bonchev–Trinajstić information content (AvgIpc) is 3.02. The van der Waals surface area contributed by atoms with E-state index >= 15 is 0 Å². The second-order valence-corrected chi connectivity index (χ2v) is 6.79. The molecule has 156 valence electrons. The van der Waals surface area contributed by atoms with Gasteiger partial charge in [0, 0.05) is 20.1 Å². The highest BCUT2D eigenvalue weighted by Crippen LogP contribution is 2.26. The molecule has 8 heteroatoms. The second kappa shape index (κ2) is 9.80. The van der Waals surface area contributed by atoms with E-state index in [1.807, 2.05) is 30.3 Å². The van der Waals surface area contributed by atoms with Crippen LogP contribution in [0.15, 0.2) is 54.6 Å². The van der Waals surface area contributed by atoms with Crippen LogP contribution in [0.25, 0.3) is 0 Å². The monoisotopic (exact) mass is 409 g/mol. The first-order chi connectivity index (χ1) is 14.5. The molecule has 3 rings (SSSR count). The third-order valence-corrected chi connectivity index (χ3v) is 4.76. The number of amides is 4. The van der Waals surface area contributed by atoms with Gasteiger partial charge in [-0.1, -0.05) is 42.5 Å². The molecule has 2 aromatic carbocycles. The van der Waals surface area contributed by atoms with Crippen molar-refractivity contribution >= 4 is 23.6 Å². The fourth-order valence-electron chi connectivity index (χ4n) is 3.27. The molecule has 0 bridgehead atoms. The minimum absolute atomic E-state index is 0.142. The molecule has 1 aliphatic heterocycles. The van der Waals surface area contributed by atoms with E-state index in [2.05, 4.69) is 10.6 Å². The first-order valence-corrected chi connectivity index (χ1v) is 9.57. The number of hydrogen-bond donors (Lipinski definition) is 2. The summed E-state index contributed by atoms with van der Waals surface area (Å²) in [4.78, 5) is 51.6. The topological polar surface area (TPSA) is 105 Å². The summed E-state index contributed by atoms with van der Waals surface area (Å²) in [7, 11) is 1.52. The van der Waals surface area contributed by atoms with Crippen LogP contribution in [0.4, 0.5) is 0 Å². The summed E-state index contributed by atoms with van der Waals surface area (Å²) in [5, 5.41) is 5.14. The van der Waals surface area contributed by atoms with E-state index in [-0.39, 0.29) is 30.0 Å². The number of rotatable bonds is 9. The van der Waals surface area contributed by atoms with Crippen molar-refractivity contribution in [1.82, 2.24) is 15.5 Å². The molecule has 0 saturated heterocycles. The molecular weight excluding hydrogens is 386 g/mol. The Kier molecular flexibility index (Phi) is 6.92. The molecule has 0 unspecified atom stereocenters. The number of nitrogens with zero attached hydrogens (tertiary/aromatic N) is 1. The normalized spacial score (nSPS) is 13.7. The Morgan fingerprint density at radius 1 is 0.933 bits per heavy atom. The number of carbonyl (C=O) groups is 4. The highest BCUT2D eigenvalue weighted by molar-refractivity contribution is 6.22. The molecule has 2 aromatic rings. The molecule has 0 fully saturated rings. The standard InChI is InChI=1S/C22H23N3O5/c1-30-12-11-23-19(26)14-24-20(27)18(13-15-7-3-2-4-8-15)25-21(28)16-9-5-6-10-17(16)22(25)29/h2-10,18H,11-14H2,1H3,(H,23,26)(H,24,27)/t18-/m0/s1. The highest BCUT2D eigenvalue weighted by atomic mass is 16.5. The Morgan fingerprint density at radius 2 is 1.53 bits per heavy atom. The van der Waals surface area contributed by atoms with Crippen LogP contribution in [0.5, 0.6) is 0 Å². The van der Waals surface area contributed by atoms with Crippen molar-refractivity contribution < 1.29 is 23.9 Å². The zero-order chi connectivity index (χ0) is 21.5. The lowest BCUT2D eigenvalue weighted by atomic mass is 10.0. The van der Waals surface area contributed by atoms with Crippen LogP contribution in [-0.4, -0.2) is 61.4 Å². The van der Waals surface area contributed by atoms with Crippen LogP contribution in [0, 0.1) is 0 Å². The maximum absolute atomic E-state index is 12.9. The first-order valence-electron chi connectivity index (χ1n) is 9.57.